The van der Waals surface area contributed by atoms with Gasteiger partial charge in [-0.2, -0.15) is 0 Å². The van der Waals surface area contributed by atoms with E-state index in [4.69, 9.17) is 4.74 Å². The summed E-state index contributed by atoms with van der Waals surface area (Å²) in [5.41, 5.74) is 0.181. The number of likely N-dealkylation sites (tertiary alicyclic amines) is 1. The van der Waals surface area contributed by atoms with Crippen LogP contribution in [0.4, 0.5) is 10.5 Å². The van der Waals surface area contributed by atoms with Crippen LogP contribution in [0.1, 0.15) is 19.3 Å². The number of aliphatic hydroxyl groups excluding tert-OH is 2. The van der Waals surface area contributed by atoms with Gasteiger partial charge in [-0.1, -0.05) is 30.3 Å². The van der Waals surface area contributed by atoms with E-state index in [2.05, 4.69) is 5.32 Å². The number of rotatable bonds is 3. The predicted octanol–water partition coefficient (Wildman–Crippen LogP) is 3.22. The van der Waals surface area contributed by atoms with E-state index in [1.165, 1.54) is 0 Å². The highest BCUT2D eigenvalue weighted by atomic mass is 16.5. The third kappa shape index (κ3) is 3.38. The Labute approximate surface area is 158 Å². The first-order valence-electron chi connectivity index (χ1n) is 9.32. The number of piperidine rings is 1. The zero-order chi connectivity index (χ0) is 18.9. The lowest BCUT2D eigenvalue weighted by atomic mass is 9.58. The van der Waals surface area contributed by atoms with Gasteiger partial charge in [-0.3, -0.25) is 0 Å². The third-order valence-electron chi connectivity index (χ3n) is 5.86. The maximum Gasteiger partial charge on any atom is 0.321 e. The summed E-state index contributed by atoms with van der Waals surface area (Å²) in [7, 11) is 0. The predicted molar refractivity (Wildman–Crippen MR) is 102 cm³/mol. The van der Waals surface area contributed by atoms with Crippen molar-refractivity contribution in [1.82, 2.24) is 4.90 Å². The lowest BCUT2D eigenvalue weighted by Crippen LogP contribution is -2.62. The lowest BCUT2D eigenvalue weighted by Gasteiger charge is -2.54. The second-order valence-corrected chi connectivity index (χ2v) is 7.33. The largest absolute Gasteiger partial charge is 0.455 e. The number of anilines is 1. The van der Waals surface area contributed by atoms with Crippen LogP contribution >= 0.6 is 0 Å². The van der Waals surface area contributed by atoms with Crippen LogP contribution in [-0.4, -0.2) is 46.4 Å². The SMILES string of the molecule is O=C(Nc1ccccc1Oc1ccccc1)N1CCC2(CC1)[C@H](O)C[C@@H]2O. The van der Waals surface area contributed by atoms with E-state index < -0.39 is 17.6 Å². The number of nitrogens with zero attached hydrogens (tertiary/aromatic N) is 1. The van der Waals surface area contributed by atoms with Gasteiger partial charge in [-0.15, -0.1) is 0 Å². The molecular formula is C21H24N2O4. The molecule has 6 nitrogen and oxygen atoms in total. The van der Waals surface area contributed by atoms with Crippen LogP contribution in [0, 0.1) is 5.41 Å². The van der Waals surface area contributed by atoms with Crippen LogP contribution in [0.25, 0.3) is 0 Å². The van der Waals surface area contributed by atoms with E-state index in [-0.39, 0.29) is 6.03 Å². The summed E-state index contributed by atoms with van der Waals surface area (Å²) in [4.78, 5) is 14.4. The molecule has 27 heavy (non-hydrogen) atoms. The summed E-state index contributed by atoms with van der Waals surface area (Å²) in [5.74, 6) is 1.28. The molecule has 1 saturated carbocycles. The Morgan fingerprint density at radius 3 is 2.30 bits per heavy atom. The zero-order valence-corrected chi connectivity index (χ0v) is 15.0. The molecule has 2 aliphatic rings. The Morgan fingerprint density at radius 1 is 1.00 bits per heavy atom. The molecule has 1 heterocycles. The van der Waals surface area contributed by atoms with Crippen molar-refractivity contribution in [2.24, 2.45) is 5.41 Å². The molecule has 2 amide bonds. The van der Waals surface area contributed by atoms with E-state index in [9.17, 15) is 15.0 Å². The van der Waals surface area contributed by atoms with Crippen LogP contribution < -0.4 is 10.1 Å². The molecule has 0 aromatic heterocycles. The van der Waals surface area contributed by atoms with E-state index in [1.54, 1.807) is 11.0 Å². The highest BCUT2D eigenvalue weighted by Crippen LogP contribution is 2.49. The Hall–Kier alpha value is -2.57. The number of hydrogen-bond acceptors (Lipinski definition) is 4. The average molecular weight is 368 g/mol. The molecule has 0 unspecified atom stereocenters. The smallest absolute Gasteiger partial charge is 0.321 e. The van der Waals surface area contributed by atoms with Crippen molar-refractivity contribution in [3.8, 4) is 11.5 Å². The van der Waals surface area contributed by atoms with Crippen molar-refractivity contribution in [1.29, 1.82) is 0 Å². The molecule has 1 saturated heterocycles. The number of ether oxygens (including phenoxy) is 1. The minimum absolute atomic E-state index is 0.197. The van der Waals surface area contributed by atoms with Gasteiger partial charge in [-0.05, 0) is 37.1 Å². The van der Waals surface area contributed by atoms with Crippen molar-refractivity contribution in [3.63, 3.8) is 0 Å². The van der Waals surface area contributed by atoms with Gasteiger partial charge in [0.1, 0.15) is 5.75 Å². The molecule has 2 aromatic rings. The van der Waals surface area contributed by atoms with Crippen LogP contribution in [0.15, 0.2) is 54.6 Å². The Bertz CT molecular complexity index is 793. The lowest BCUT2D eigenvalue weighted by molar-refractivity contribution is -0.186. The second-order valence-electron chi connectivity index (χ2n) is 7.33. The fraction of sp³-hybridized carbons (Fsp3) is 0.381. The number of carbonyl (C=O) groups is 1. The molecule has 2 atom stereocenters. The van der Waals surface area contributed by atoms with E-state index in [0.717, 1.165) is 0 Å². The molecule has 0 bridgehead atoms. The van der Waals surface area contributed by atoms with Gasteiger partial charge in [0.05, 0.1) is 17.9 Å². The zero-order valence-electron chi connectivity index (χ0n) is 15.0. The van der Waals surface area contributed by atoms with Gasteiger partial charge in [0.2, 0.25) is 0 Å². The minimum Gasteiger partial charge on any atom is -0.455 e. The van der Waals surface area contributed by atoms with Crippen LogP contribution in [-0.2, 0) is 0 Å². The van der Waals surface area contributed by atoms with Crippen molar-refractivity contribution >= 4 is 11.7 Å². The third-order valence-corrected chi connectivity index (χ3v) is 5.86. The highest BCUT2D eigenvalue weighted by Gasteiger charge is 2.55. The summed E-state index contributed by atoms with van der Waals surface area (Å²) < 4.78 is 5.89. The monoisotopic (exact) mass is 368 g/mol. The first-order valence-corrected chi connectivity index (χ1v) is 9.32. The normalized spacial score (nSPS) is 23.6. The first kappa shape index (κ1) is 17.8. The van der Waals surface area contributed by atoms with Gasteiger partial charge >= 0.3 is 6.03 Å². The summed E-state index contributed by atoms with van der Waals surface area (Å²) in [5, 5.41) is 23.0. The standard InChI is InChI=1S/C21H24N2O4/c24-18-14-19(25)21(18)10-12-23(13-11-21)20(26)22-16-8-4-5-9-17(16)27-15-6-2-1-3-7-15/h1-9,18-19,24-25H,10-14H2,(H,22,26)/t18-,19+. The number of nitrogens with one attached hydrogen (secondary N) is 1. The Balaban J connectivity index is 1.40. The fourth-order valence-electron chi connectivity index (χ4n) is 4.00. The highest BCUT2D eigenvalue weighted by molar-refractivity contribution is 5.91. The molecule has 142 valence electrons. The van der Waals surface area contributed by atoms with Gasteiger partial charge in [0, 0.05) is 24.9 Å². The van der Waals surface area contributed by atoms with E-state index >= 15 is 0 Å². The molecule has 1 aliphatic heterocycles. The molecule has 1 aliphatic carbocycles. The number of urea groups is 1. The number of para-hydroxylation sites is 3. The summed E-state index contributed by atoms with van der Waals surface area (Å²) in [6, 6.07) is 16.5. The number of carbonyl (C=O) groups excluding carboxylic acids is 1. The van der Waals surface area contributed by atoms with Crippen LogP contribution in [0.5, 0.6) is 11.5 Å². The minimum atomic E-state index is -0.460. The molecule has 1 spiro atoms. The molecule has 3 N–H and O–H groups in total. The summed E-state index contributed by atoms with van der Waals surface area (Å²) in [6.45, 7) is 1.03. The maximum atomic E-state index is 12.7. The molecule has 0 radical (unpaired) electrons. The van der Waals surface area contributed by atoms with Gasteiger partial charge in [0.15, 0.2) is 5.75 Å². The van der Waals surface area contributed by atoms with Crippen molar-refractivity contribution in [3.05, 3.63) is 54.6 Å². The van der Waals surface area contributed by atoms with Gasteiger partial charge in [0.25, 0.3) is 0 Å². The van der Waals surface area contributed by atoms with Crippen LogP contribution in [0.3, 0.4) is 0 Å². The van der Waals surface area contributed by atoms with E-state index in [0.29, 0.717) is 49.5 Å². The van der Waals surface area contributed by atoms with Gasteiger partial charge in [-0.25, -0.2) is 4.79 Å². The molecule has 6 heteroatoms. The Morgan fingerprint density at radius 2 is 1.63 bits per heavy atom. The van der Waals surface area contributed by atoms with Crippen LogP contribution in [0.2, 0.25) is 0 Å². The van der Waals surface area contributed by atoms with Crippen molar-refractivity contribution in [2.75, 3.05) is 18.4 Å². The number of hydrogen-bond donors (Lipinski definition) is 3. The number of amides is 2. The molecule has 2 aromatic carbocycles. The quantitative estimate of drug-likeness (QED) is 0.777. The number of benzene rings is 2. The average Bonchev–Trinajstić information content (AvgIpc) is 2.70. The van der Waals surface area contributed by atoms with Crippen molar-refractivity contribution in [2.45, 2.75) is 31.5 Å². The molecular weight excluding hydrogens is 344 g/mol. The summed E-state index contributed by atoms with van der Waals surface area (Å²) >= 11 is 0. The second kappa shape index (κ2) is 7.21. The van der Waals surface area contributed by atoms with E-state index in [1.807, 2.05) is 48.5 Å². The molecule has 4 rings (SSSR count). The summed E-state index contributed by atoms with van der Waals surface area (Å²) in [6.07, 6.45) is 0.752. The number of aliphatic hydroxyl groups is 2. The first-order chi connectivity index (χ1) is 13.1. The fourth-order valence-corrected chi connectivity index (χ4v) is 4.00. The molecule has 2 fully saturated rings. The maximum absolute atomic E-state index is 12.7. The Kier molecular flexibility index (Phi) is 4.76. The van der Waals surface area contributed by atoms with Crippen molar-refractivity contribution < 1.29 is 19.7 Å². The topological polar surface area (TPSA) is 82.0 Å². The van der Waals surface area contributed by atoms with Gasteiger partial charge < -0.3 is 25.2 Å².